The molecule has 1 aromatic rings. The van der Waals surface area contributed by atoms with Crippen molar-refractivity contribution in [2.45, 2.75) is 57.7 Å². The Labute approximate surface area is 116 Å². The summed E-state index contributed by atoms with van der Waals surface area (Å²) in [6, 6.07) is 10.4. The van der Waals surface area contributed by atoms with Crippen LogP contribution in [0.1, 0.15) is 51.0 Å². The lowest BCUT2D eigenvalue weighted by Gasteiger charge is -2.28. The first kappa shape index (κ1) is 14.0. The molecular formula is C17H24O2. The summed E-state index contributed by atoms with van der Waals surface area (Å²) in [6.45, 7) is 2.24. The first-order valence-electron chi connectivity index (χ1n) is 7.39. The third-order valence-electron chi connectivity index (χ3n) is 3.60. The van der Waals surface area contributed by atoms with Gasteiger partial charge in [-0.3, -0.25) is 0 Å². The molecule has 19 heavy (non-hydrogen) atoms. The summed E-state index contributed by atoms with van der Waals surface area (Å²) >= 11 is 0. The van der Waals surface area contributed by atoms with Gasteiger partial charge in [-0.05, 0) is 12.0 Å². The molecule has 1 aliphatic rings. The van der Waals surface area contributed by atoms with Crippen molar-refractivity contribution in [2.24, 2.45) is 0 Å². The Hall–Kier alpha value is -1.44. The second kappa shape index (κ2) is 7.22. The van der Waals surface area contributed by atoms with Crippen LogP contribution in [-0.4, -0.2) is 5.79 Å². The second-order valence-corrected chi connectivity index (χ2v) is 5.25. The Kier molecular flexibility index (Phi) is 5.31. The highest BCUT2D eigenvalue weighted by atomic mass is 16.7. The lowest BCUT2D eigenvalue weighted by molar-refractivity contribution is -0.146. The predicted octanol–water partition coefficient (Wildman–Crippen LogP) is 4.80. The van der Waals surface area contributed by atoms with Crippen molar-refractivity contribution in [3.63, 3.8) is 0 Å². The van der Waals surface area contributed by atoms with Crippen molar-refractivity contribution in [2.75, 3.05) is 0 Å². The van der Waals surface area contributed by atoms with Gasteiger partial charge in [0.15, 0.2) is 0 Å². The van der Waals surface area contributed by atoms with E-state index in [1.54, 1.807) is 12.5 Å². The van der Waals surface area contributed by atoms with E-state index in [2.05, 4.69) is 31.2 Å². The Balaban J connectivity index is 1.84. The third kappa shape index (κ3) is 4.30. The van der Waals surface area contributed by atoms with Crippen molar-refractivity contribution in [1.82, 2.24) is 0 Å². The van der Waals surface area contributed by atoms with Gasteiger partial charge in [0.2, 0.25) is 0 Å². The van der Waals surface area contributed by atoms with Crippen LogP contribution in [0.25, 0.3) is 0 Å². The number of ether oxygens (including phenoxy) is 2. The van der Waals surface area contributed by atoms with Crippen molar-refractivity contribution >= 4 is 0 Å². The lowest BCUT2D eigenvalue weighted by atomic mass is 9.98. The number of rotatable bonds is 8. The summed E-state index contributed by atoms with van der Waals surface area (Å²) in [5.41, 5.74) is 1.26. The van der Waals surface area contributed by atoms with Gasteiger partial charge < -0.3 is 9.47 Å². The maximum atomic E-state index is 5.75. The van der Waals surface area contributed by atoms with Crippen LogP contribution >= 0.6 is 0 Å². The molecule has 0 aliphatic carbocycles. The maximum absolute atomic E-state index is 5.75. The van der Waals surface area contributed by atoms with Crippen LogP contribution in [0, 0.1) is 0 Å². The van der Waals surface area contributed by atoms with Gasteiger partial charge in [-0.25, -0.2) is 0 Å². The smallest absolute Gasteiger partial charge is 0.253 e. The fourth-order valence-electron chi connectivity index (χ4n) is 2.53. The summed E-state index contributed by atoms with van der Waals surface area (Å²) in [6.07, 6.45) is 11.5. The average molecular weight is 260 g/mol. The summed E-state index contributed by atoms with van der Waals surface area (Å²) in [5.74, 6) is -0.465. The van der Waals surface area contributed by atoms with Gasteiger partial charge in [0, 0.05) is 12.8 Å². The van der Waals surface area contributed by atoms with Crippen LogP contribution in [0.5, 0.6) is 0 Å². The third-order valence-corrected chi connectivity index (χ3v) is 3.60. The summed E-state index contributed by atoms with van der Waals surface area (Å²) in [7, 11) is 0. The quantitative estimate of drug-likeness (QED) is 0.625. The topological polar surface area (TPSA) is 18.5 Å². The first-order chi connectivity index (χ1) is 9.35. The maximum Gasteiger partial charge on any atom is 0.253 e. The zero-order valence-electron chi connectivity index (χ0n) is 11.8. The number of hydrogen-bond donors (Lipinski definition) is 0. The van der Waals surface area contributed by atoms with E-state index in [1.807, 2.05) is 6.07 Å². The van der Waals surface area contributed by atoms with Gasteiger partial charge in [0.25, 0.3) is 5.79 Å². The monoisotopic (exact) mass is 260 g/mol. The first-order valence-corrected chi connectivity index (χ1v) is 7.39. The number of hydrogen-bond acceptors (Lipinski definition) is 2. The molecule has 1 aromatic carbocycles. The van der Waals surface area contributed by atoms with E-state index in [9.17, 15) is 0 Å². The minimum Gasteiger partial charge on any atom is -0.456 e. The minimum absolute atomic E-state index is 0.465. The molecule has 0 bridgehead atoms. The largest absolute Gasteiger partial charge is 0.456 e. The van der Waals surface area contributed by atoms with Gasteiger partial charge in [-0.1, -0.05) is 62.9 Å². The summed E-state index contributed by atoms with van der Waals surface area (Å²) < 4.78 is 11.5. The van der Waals surface area contributed by atoms with E-state index in [4.69, 9.17) is 9.47 Å². The van der Waals surface area contributed by atoms with Crippen molar-refractivity contribution < 1.29 is 9.47 Å². The van der Waals surface area contributed by atoms with E-state index in [0.29, 0.717) is 0 Å². The molecule has 0 unspecified atom stereocenters. The molecule has 0 N–H and O–H groups in total. The van der Waals surface area contributed by atoms with Crippen LogP contribution in [0.2, 0.25) is 0 Å². The molecule has 0 spiro atoms. The fourth-order valence-corrected chi connectivity index (χ4v) is 2.53. The SMILES string of the molecule is CCCCCCCC1(Cc2ccccc2)OC=CO1. The second-order valence-electron chi connectivity index (χ2n) is 5.25. The molecule has 1 aliphatic heterocycles. The Morgan fingerprint density at radius 1 is 0.895 bits per heavy atom. The molecule has 104 valence electrons. The van der Waals surface area contributed by atoms with Crippen LogP contribution in [0.3, 0.4) is 0 Å². The van der Waals surface area contributed by atoms with Gasteiger partial charge in [-0.15, -0.1) is 0 Å². The molecule has 2 rings (SSSR count). The van der Waals surface area contributed by atoms with E-state index in [-0.39, 0.29) is 0 Å². The summed E-state index contributed by atoms with van der Waals surface area (Å²) in [4.78, 5) is 0. The van der Waals surface area contributed by atoms with Crippen molar-refractivity contribution in [1.29, 1.82) is 0 Å². The standard InChI is InChI=1S/C17H24O2/c1-2-3-4-5-9-12-17(18-13-14-19-17)15-16-10-7-6-8-11-16/h6-8,10-11,13-14H,2-5,9,12,15H2,1H3. The molecule has 0 amide bonds. The van der Waals surface area contributed by atoms with Crippen LogP contribution in [0.15, 0.2) is 42.9 Å². The highest BCUT2D eigenvalue weighted by Crippen LogP contribution is 2.30. The average Bonchev–Trinajstić information content (AvgIpc) is 2.88. The minimum atomic E-state index is -0.465. The van der Waals surface area contributed by atoms with Crippen LogP contribution < -0.4 is 0 Å². The van der Waals surface area contributed by atoms with Crippen molar-refractivity contribution in [3.8, 4) is 0 Å². The van der Waals surface area contributed by atoms with E-state index in [0.717, 1.165) is 19.3 Å². The highest BCUT2D eigenvalue weighted by Gasteiger charge is 2.35. The molecule has 1 heterocycles. The predicted molar refractivity (Wildman–Crippen MR) is 77.6 cm³/mol. The fraction of sp³-hybridized carbons (Fsp3) is 0.529. The number of benzene rings is 1. The van der Waals surface area contributed by atoms with Crippen LogP contribution in [0.4, 0.5) is 0 Å². The normalized spacial score (nSPS) is 16.1. The van der Waals surface area contributed by atoms with Gasteiger partial charge in [-0.2, -0.15) is 0 Å². The lowest BCUT2D eigenvalue weighted by Crippen LogP contribution is -2.32. The number of unbranched alkanes of at least 4 members (excludes halogenated alkanes) is 4. The van der Waals surface area contributed by atoms with Crippen molar-refractivity contribution in [3.05, 3.63) is 48.4 Å². The van der Waals surface area contributed by atoms with Gasteiger partial charge in [0.1, 0.15) is 12.5 Å². The molecule has 0 fully saturated rings. The molecule has 2 nitrogen and oxygen atoms in total. The molecular weight excluding hydrogens is 236 g/mol. The molecule has 0 atom stereocenters. The van der Waals surface area contributed by atoms with E-state index < -0.39 is 5.79 Å². The molecule has 0 saturated heterocycles. The molecule has 2 heteroatoms. The molecule has 0 radical (unpaired) electrons. The Morgan fingerprint density at radius 3 is 2.26 bits per heavy atom. The highest BCUT2D eigenvalue weighted by molar-refractivity contribution is 5.17. The molecule has 0 saturated carbocycles. The van der Waals surface area contributed by atoms with Gasteiger partial charge in [0.05, 0.1) is 0 Å². The Bertz CT molecular complexity index is 376. The Morgan fingerprint density at radius 2 is 1.58 bits per heavy atom. The van der Waals surface area contributed by atoms with E-state index >= 15 is 0 Å². The zero-order chi connectivity index (χ0) is 13.4. The summed E-state index contributed by atoms with van der Waals surface area (Å²) in [5, 5.41) is 0. The molecule has 0 aromatic heterocycles. The van der Waals surface area contributed by atoms with Crippen LogP contribution in [-0.2, 0) is 15.9 Å². The van der Waals surface area contributed by atoms with E-state index in [1.165, 1.54) is 31.2 Å². The van der Waals surface area contributed by atoms with Gasteiger partial charge >= 0.3 is 0 Å². The zero-order valence-corrected chi connectivity index (χ0v) is 11.8.